The second-order valence-corrected chi connectivity index (χ2v) is 4.99. The zero-order chi connectivity index (χ0) is 13.9. The molecule has 20 heavy (non-hydrogen) atoms. The van der Waals surface area contributed by atoms with Crippen LogP contribution in [0.1, 0.15) is 5.56 Å². The summed E-state index contributed by atoms with van der Waals surface area (Å²) in [5.74, 6) is 0.732. The van der Waals surface area contributed by atoms with Crippen molar-refractivity contribution in [3.8, 4) is 0 Å². The number of alkyl halides is 1. The van der Waals surface area contributed by atoms with Crippen LogP contribution in [0.4, 0.5) is 5.82 Å². The SMILES string of the molecule is ClC1=NC(Cl)N(c2ccccn2)C(c2ccccc2)=C1. The maximum atomic E-state index is 6.33. The number of nitrogens with zero attached hydrogens (tertiary/aromatic N) is 3. The molecule has 0 fully saturated rings. The molecule has 3 nitrogen and oxygen atoms in total. The summed E-state index contributed by atoms with van der Waals surface area (Å²) >= 11 is 12.4. The van der Waals surface area contributed by atoms with Gasteiger partial charge in [-0.3, -0.25) is 4.90 Å². The molecule has 0 N–H and O–H groups in total. The Kier molecular flexibility index (Phi) is 3.72. The number of rotatable bonds is 2. The van der Waals surface area contributed by atoms with Crippen LogP contribution in [-0.2, 0) is 0 Å². The molecule has 2 aromatic rings. The molecule has 100 valence electrons. The summed E-state index contributed by atoms with van der Waals surface area (Å²) in [5, 5.41) is 0.385. The van der Waals surface area contributed by atoms with Crippen molar-refractivity contribution < 1.29 is 0 Å². The molecule has 0 saturated carbocycles. The van der Waals surface area contributed by atoms with E-state index in [1.165, 1.54) is 0 Å². The quantitative estimate of drug-likeness (QED) is 0.617. The maximum Gasteiger partial charge on any atom is 0.204 e. The van der Waals surface area contributed by atoms with Crippen molar-refractivity contribution >= 4 is 39.9 Å². The van der Waals surface area contributed by atoms with Gasteiger partial charge in [0.2, 0.25) is 5.62 Å². The standard InChI is InChI=1S/C15H11Cl2N3/c16-13-10-12(11-6-2-1-3-7-11)20(15(17)19-13)14-8-4-5-9-18-14/h1-10,15H. The molecule has 0 saturated heterocycles. The van der Waals surface area contributed by atoms with E-state index in [0.29, 0.717) is 5.17 Å². The maximum absolute atomic E-state index is 6.33. The van der Waals surface area contributed by atoms with Crippen molar-refractivity contribution in [2.75, 3.05) is 4.90 Å². The van der Waals surface area contributed by atoms with Crippen LogP contribution in [0.15, 0.2) is 65.8 Å². The van der Waals surface area contributed by atoms with Crippen LogP contribution in [0.25, 0.3) is 5.70 Å². The zero-order valence-corrected chi connectivity index (χ0v) is 12.0. The van der Waals surface area contributed by atoms with Crippen molar-refractivity contribution in [2.45, 2.75) is 5.62 Å². The third kappa shape index (κ3) is 2.55. The lowest BCUT2D eigenvalue weighted by atomic mass is 10.1. The Hall–Kier alpha value is -1.84. The second kappa shape index (κ2) is 5.65. The highest BCUT2D eigenvalue weighted by atomic mass is 35.5. The van der Waals surface area contributed by atoms with Crippen LogP contribution >= 0.6 is 23.2 Å². The van der Waals surface area contributed by atoms with Gasteiger partial charge in [0.15, 0.2) is 0 Å². The lowest BCUT2D eigenvalue weighted by Crippen LogP contribution is -2.32. The number of halogens is 2. The number of anilines is 1. The van der Waals surface area contributed by atoms with Gasteiger partial charge in [-0.15, -0.1) is 0 Å². The minimum Gasteiger partial charge on any atom is -0.290 e. The summed E-state index contributed by atoms with van der Waals surface area (Å²) in [5.41, 5.74) is 1.28. The number of pyridine rings is 1. The van der Waals surface area contributed by atoms with Gasteiger partial charge in [0, 0.05) is 6.20 Å². The molecule has 5 heteroatoms. The third-order valence-corrected chi connectivity index (χ3v) is 3.42. The fourth-order valence-electron chi connectivity index (χ4n) is 2.05. The van der Waals surface area contributed by atoms with Crippen LogP contribution in [0, 0.1) is 0 Å². The highest BCUT2D eigenvalue weighted by Crippen LogP contribution is 2.32. The number of hydrogen-bond donors (Lipinski definition) is 0. The largest absolute Gasteiger partial charge is 0.290 e. The van der Waals surface area contributed by atoms with E-state index in [1.807, 2.05) is 53.4 Å². The normalized spacial score (nSPS) is 18.5. The van der Waals surface area contributed by atoms with Crippen LogP contribution < -0.4 is 4.90 Å². The van der Waals surface area contributed by atoms with E-state index < -0.39 is 5.62 Å². The first-order chi connectivity index (χ1) is 9.75. The van der Waals surface area contributed by atoms with Crippen molar-refractivity contribution in [1.29, 1.82) is 0 Å². The fourth-order valence-corrected chi connectivity index (χ4v) is 2.61. The van der Waals surface area contributed by atoms with Gasteiger partial charge in [-0.25, -0.2) is 9.98 Å². The smallest absolute Gasteiger partial charge is 0.204 e. The first-order valence-electron chi connectivity index (χ1n) is 6.10. The second-order valence-electron chi connectivity index (χ2n) is 4.22. The third-order valence-electron chi connectivity index (χ3n) is 2.92. The highest BCUT2D eigenvalue weighted by molar-refractivity contribution is 6.69. The number of allylic oxidation sites excluding steroid dienone is 1. The Morgan fingerprint density at radius 2 is 1.75 bits per heavy atom. The first kappa shape index (κ1) is 13.2. The Labute approximate surface area is 127 Å². The predicted octanol–water partition coefficient (Wildman–Crippen LogP) is 4.10. The molecular weight excluding hydrogens is 293 g/mol. The van der Waals surface area contributed by atoms with Crippen LogP contribution in [0.5, 0.6) is 0 Å². The number of benzene rings is 1. The number of hydrogen-bond acceptors (Lipinski definition) is 3. The lowest BCUT2D eigenvalue weighted by molar-refractivity contribution is 0.887. The minimum atomic E-state index is -0.613. The van der Waals surface area contributed by atoms with Crippen LogP contribution in [0.3, 0.4) is 0 Å². The molecule has 1 aromatic heterocycles. The first-order valence-corrected chi connectivity index (χ1v) is 6.92. The molecule has 0 bridgehead atoms. The average Bonchev–Trinajstić information content (AvgIpc) is 2.48. The summed E-state index contributed by atoms with van der Waals surface area (Å²) in [4.78, 5) is 10.4. The molecule has 1 aromatic carbocycles. The number of aliphatic imine (C=N–C) groups is 1. The summed E-state index contributed by atoms with van der Waals surface area (Å²) in [6.45, 7) is 0. The monoisotopic (exact) mass is 303 g/mol. The molecule has 0 amide bonds. The highest BCUT2D eigenvalue weighted by Gasteiger charge is 2.26. The Morgan fingerprint density at radius 1 is 1.00 bits per heavy atom. The molecular formula is C15H11Cl2N3. The van der Waals surface area contributed by atoms with Crippen LogP contribution in [0.2, 0.25) is 0 Å². The van der Waals surface area contributed by atoms with Crippen molar-refractivity contribution in [1.82, 2.24) is 4.98 Å². The predicted molar refractivity (Wildman–Crippen MR) is 84.1 cm³/mol. The minimum absolute atomic E-state index is 0.385. The topological polar surface area (TPSA) is 28.5 Å². The molecule has 1 aliphatic rings. The van der Waals surface area contributed by atoms with Gasteiger partial charge in [0.25, 0.3) is 0 Å². The van der Waals surface area contributed by atoms with Gasteiger partial charge in [0.1, 0.15) is 11.0 Å². The van der Waals surface area contributed by atoms with Crippen molar-refractivity contribution in [2.24, 2.45) is 4.99 Å². The van der Waals surface area contributed by atoms with E-state index in [9.17, 15) is 0 Å². The molecule has 1 atom stereocenters. The average molecular weight is 304 g/mol. The number of aromatic nitrogens is 1. The molecule has 0 aliphatic carbocycles. The van der Waals surface area contributed by atoms with Crippen molar-refractivity contribution in [3.63, 3.8) is 0 Å². The van der Waals surface area contributed by atoms with Gasteiger partial charge in [0.05, 0.1) is 5.70 Å². The summed E-state index contributed by atoms with van der Waals surface area (Å²) in [6, 6.07) is 15.6. The molecule has 2 heterocycles. The summed E-state index contributed by atoms with van der Waals surface area (Å²) in [6.07, 6.45) is 3.52. The molecule has 3 rings (SSSR count). The van der Waals surface area contributed by atoms with Gasteiger partial charge in [-0.05, 0) is 23.8 Å². The molecule has 0 radical (unpaired) electrons. The fraction of sp³-hybridized carbons (Fsp3) is 0.0667. The van der Waals surface area contributed by atoms with Gasteiger partial charge < -0.3 is 0 Å². The zero-order valence-electron chi connectivity index (χ0n) is 10.4. The Balaban J connectivity index is 2.10. The van der Waals surface area contributed by atoms with E-state index in [-0.39, 0.29) is 0 Å². The van der Waals surface area contributed by atoms with Gasteiger partial charge >= 0.3 is 0 Å². The molecule has 1 aliphatic heterocycles. The lowest BCUT2D eigenvalue weighted by Gasteiger charge is -2.31. The van der Waals surface area contributed by atoms with E-state index >= 15 is 0 Å². The van der Waals surface area contributed by atoms with E-state index in [0.717, 1.165) is 17.1 Å². The molecule has 0 spiro atoms. The summed E-state index contributed by atoms with van der Waals surface area (Å²) < 4.78 is 0. The Bertz CT molecular complexity index is 653. The van der Waals surface area contributed by atoms with E-state index in [2.05, 4.69) is 9.98 Å². The van der Waals surface area contributed by atoms with Crippen LogP contribution in [-0.4, -0.2) is 15.8 Å². The summed E-state index contributed by atoms with van der Waals surface area (Å²) in [7, 11) is 0. The van der Waals surface area contributed by atoms with Gasteiger partial charge in [-0.2, -0.15) is 0 Å². The molecule has 1 unspecified atom stereocenters. The van der Waals surface area contributed by atoms with Gasteiger partial charge in [-0.1, -0.05) is 59.6 Å². The van der Waals surface area contributed by atoms with E-state index in [4.69, 9.17) is 23.2 Å². The van der Waals surface area contributed by atoms with E-state index in [1.54, 1.807) is 12.3 Å². The van der Waals surface area contributed by atoms with Crippen molar-refractivity contribution in [3.05, 3.63) is 66.4 Å². The Morgan fingerprint density at radius 3 is 2.45 bits per heavy atom.